The third-order valence-corrected chi connectivity index (χ3v) is 4.91. The molecule has 0 bridgehead atoms. The Morgan fingerprint density at radius 1 is 0.781 bits per heavy atom. The average molecular weight is 438 g/mol. The number of phenols is 4. The summed E-state index contributed by atoms with van der Waals surface area (Å²) in [5, 5.41) is 41.0. The van der Waals surface area contributed by atoms with Crippen LogP contribution >= 0.6 is 0 Å². The molecule has 0 radical (unpaired) electrons. The fourth-order valence-electron chi connectivity index (χ4n) is 3.27. The molecule has 3 rings (SSSR count). The van der Waals surface area contributed by atoms with Gasteiger partial charge in [0.2, 0.25) is 0 Å². The lowest BCUT2D eigenvalue weighted by molar-refractivity contribution is 0.335. The summed E-state index contributed by atoms with van der Waals surface area (Å²) in [6.45, 7) is 4.24. The molecule has 3 aromatic rings. The van der Waals surface area contributed by atoms with Crippen molar-refractivity contribution in [3.63, 3.8) is 0 Å². The minimum absolute atomic E-state index is 0.0855. The van der Waals surface area contributed by atoms with Crippen LogP contribution in [-0.2, 0) is 0 Å². The van der Waals surface area contributed by atoms with Gasteiger partial charge >= 0.3 is 0 Å². The van der Waals surface area contributed by atoms with E-state index < -0.39 is 0 Å². The van der Waals surface area contributed by atoms with Crippen molar-refractivity contribution in [2.24, 2.45) is 0 Å². The van der Waals surface area contributed by atoms with E-state index in [0.717, 1.165) is 5.57 Å². The number of aromatic hydroxyl groups is 4. The molecule has 0 saturated heterocycles. The minimum atomic E-state index is -0.305. The lowest BCUT2D eigenvalue weighted by Crippen LogP contribution is -1.97. The van der Waals surface area contributed by atoms with Crippen molar-refractivity contribution in [1.82, 2.24) is 0 Å². The third-order valence-electron chi connectivity index (χ3n) is 4.91. The molecule has 0 spiro atoms. The summed E-state index contributed by atoms with van der Waals surface area (Å²) in [6, 6.07) is 10.7. The van der Waals surface area contributed by atoms with Crippen molar-refractivity contribution in [3.8, 4) is 62.5 Å². The highest BCUT2D eigenvalue weighted by Gasteiger charge is 2.23. The van der Waals surface area contributed by atoms with Crippen molar-refractivity contribution in [2.45, 2.75) is 13.8 Å². The van der Waals surface area contributed by atoms with Crippen molar-refractivity contribution in [1.29, 1.82) is 0 Å². The Morgan fingerprint density at radius 2 is 1.47 bits per heavy atom. The molecule has 0 heterocycles. The summed E-state index contributed by atoms with van der Waals surface area (Å²) in [7, 11) is 2.87. The van der Waals surface area contributed by atoms with E-state index in [0.29, 0.717) is 40.4 Å². The topological polar surface area (TPSA) is 109 Å². The van der Waals surface area contributed by atoms with Gasteiger partial charge in [0.25, 0.3) is 0 Å². The van der Waals surface area contributed by atoms with Gasteiger partial charge in [0.15, 0.2) is 34.5 Å². The van der Waals surface area contributed by atoms with Crippen molar-refractivity contribution in [2.75, 3.05) is 20.8 Å². The molecule has 7 nitrogen and oxygen atoms in total. The molecular formula is C25H26O7. The van der Waals surface area contributed by atoms with Gasteiger partial charge in [0, 0.05) is 5.56 Å². The number of benzene rings is 3. The largest absolute Gasteiger partial charge is 0.504 e. The Bertz CT molecular complexity index is 1160. The predicted octanol–water partition coefficient (Wildman–Crippen LogP) is 5.21. The second-order valence-electron chi connectivity index (χ2n) is 7.36. The van der Waals surface area contributed by atoms with Gasteiger partial charge < -0.3 is 34.6 Å². The maximum atomic E-state index is 11.0. The second-order valence-corrected chi connectivity index (χ2v) is 7.36. The summed E-state index contributed by atoms with van der Waals surface area (Å²) in [5.41, 5.74) is 2.87. The molecule has 0 fully saturated rings. The first-order valence-electron chi connectivity index (χ1n) is 9.86. The molecule has 0 amide bonds. The highest BCUT2D eigenvalue weighted by atomic mass is 16.5. The van der Waals surface area contributed by atoms with Gasteiger partial charge in [-0.1, -0.05) is 17.7 Å². The number of hydrogen-bond acceptors (Lipinski definition) is 7. The zero-order chi connectivity index (χ0) is 23.4. The normalized spacial score (nSPS) is 10.5. The summed E-state index contributed by atoms with van der Waals surface area (Å²) in [4.78, 5) is 0. The highest BCUT2D eigenvalue weighted by Crippen LogP contribution is 2.50. The van der Waals surface area contributed by atoms with Gasteiger partial charge in [-0.2, -0.15) is 0 Å². The predicted molar refractivity (Wildman–Crippen MR) is 122 cm³/mol. The Hall–Kier alpha value is -4.00. The van der Waals surface area contributed by atoms with Gasteiger partial charge in [0.05, 0.1) is 19.8 Å². The van der Waals surface area contributed by atoms with Gasteiger partial charge in [-0.3, -0.25) is 0 Å². The van der Waals surface area contributed by atoms with Crippen LogP contribution in [0.4, 0.5) is 0 Å². The molecule has 0 unspecified atom stereocenters. The van der Waals surface area contributed by atoms with Crippen LogP contribution in [0, 0.1) is 0 Å². The molecular weight excluding hydrogens is 412 g/mol. The van der Waals surface area contributed by atoms with E-state index in [1.807, 2.05) is 19.9 Å². The Labute approximate surface area is 186 Å². The quantitative estimate of drug-likeness (QED) is 0.296. The molecule has 168 valence electrons. The third kappa shape index (κ3) is 4.51. The van der Waals surface area contributed by atoms with Crippen molar-refractivity contribution < 1.29 is 34.6 Å². The van der Waals surface area contributed by atoms with E-state index in [1.165, 1.54) is 32.4 Å². The monoisotopic (exact) mass is 438 g/mol. The minimum Gasteiger partial charge on any atom is -0.504 e. The Kier molecular flexibility index (Phi) is 6.68. The first kappa shape index (κ1) is 22.7. The standard InChI is InChI=1S/C25H26O7/c1-14(2)9-10-32-21-8-6-16(12-20(21)28)23-22(30-3)13-17(25(31-4)24(23)29)15-5-7-18(26)19(27)11-15/h5-9,11-13,26-29H,10H2,1-4H3. The molecule has 7 heteroatoms. The number of ether oxygens (including phenoxy) is 3. The van der Waals surface area contributed by atoms with Crippen LogP contribution in [0.1, 0.15) is 13.8 Å². The molecule has 0 atom stereocenters. The van der Waals surface area contributed by atoms with E-state index in [-0.39, 0.29) is 28.7 Å². The number of phenolic OH excluding ortho intramolecular Hbond substituents is 4. The van der Waals surface area contributed by atoms with Crippen LogP contribution < -0.4 is 14.2 Å². The van der Waals surface area contributed by atoms with Crippen LogP contribution in [0.2, 0.25) is 0 Å². The summed E-state index contributed by atoms with van der Waals surface area (Å²) < 4.78 is 16.5. The van der Waals surface area contributed by atoms with E-state index >= 15 is 0 Å². The SMILES string of the molecule is COc1cc(-c2ccc(O)c(O)c2)c(OC)c(O)c1-c1ccc(OCC=C(C)C)c(O)c1. The van der Waals surface area contributed by atoms with Crippen LogP contribution in [0.5, 0.6) is 40.2 Å². The molecule has 0 saturated carbocycles. The number of rotatable bonds is 7. The Balaban J connectivity index is 2.10. The molecule has 32 heavy (non-hydrogen) atoms. The zero-order valence-corrected chi connectivity index (χ0v) is 18.3. The lowest BCUT2D eigenvalue weighted by atomic mass is 9.96. The fourth-order valence-corrected chi connectivity index (χ4v) is 3.27. The van der Waals surface area contributed by atoms with Crippen LogP contribution in [0.15, 0.2) is 54.1 Å². The van der Waals surface area contributed by atoms with E-state index in [4.69, 9.17) is 14.2 Å². The number of allylic oxidation sites excluding steroid dienone is 1. The van der Waals surface area contributed by atoms with Crippen LogP contribution in [0.3, 0.4) is 0 Å². The first-order valence-corrected chi connectivity index (χ1v) is 9.86. The van der Waals surface area contributed by atoms with Gasteiger partial charge in [-0.15, -0.1) is 0 Å². The smallest absolute Gasteiger partial charge is 0.170 e. The van der Waals surface area contributed by atoms with Crippen LogP contribution in [-0.4, -0.2) is 41.3 Å². The Morgan fingerprint density at radius 3 is 2.06 bits per heavy atom. The summed E-state index contributed by atoms with van der Waals surface area (Å²) >= 11 is 0. The molecule has 0 aromatic heterocycles. The average Bonchev–Trinajstić information content (AvgIpc) is 2.75. The molecule has 0 aliphatic rings. The summed E-state index contributed by atoms with van der Waals surface area (Å²) in [5.74, 6) is -0.0705. The van der Waals surface area contributed by atoms with E-state index in [2.05, 4.69) is 0 Å². The van der Waals surface area contributed by atoms with Gasteiger partial charge in [-0.05, 0) is 61.4 Å². The molecule has 3 aromatic carbocycles. The van der Waals surface area contributed by atoms with Crippen molar-refractivity contribution >= 4 is 0 Å². The van der Waals surface area contributed by atoms with Gasteiger partial charge in [0.1, 0.15) is 12.4 Å². The second kappa shape index (κ2) is 9.43. The van der Waals surface area contributed by atoms with Crippen molar-refractivity contribution in [3.05, 3.63) is 54.1 Å². The number of methoxy groups -OCH3 is 2. The molecule has 4 N–H and O–H groups in total. The van der Waals surface area contributed by atoms with E-state index in [9.17, 15) is 20.4 Å². The lowest BCUT2D eigenvalue weighted by Gasteiger charge is -2.18. The van der Waals surface area contributed by atoms with Gasteiger partial charge in [-0.25, -0.2) is 0 Å². The zero-order valence-electron chi connectivity index (χ0n) is 18.3. The highest BCUT2D eigenvalue weighted by molar-refractivity contribution is 5.88. The van der Waals surface area contributed by atoms with Crippen LogP contribution in [0.25, 0.3) is 22.3 Å². The first-order chi connectivity index (χ1) is 15.3. The number of hydrogen-bond donors (Lipinski definition) is 4. The molecule has 0 aliphatic heterocycles. The van der Waals surface area contributed by atoms with E-state index in [1.54, 1.807) is 24.3 Å². The maximum absolute atomic E-state index is 11.0. The summed E-state index contributed by atoms with van der Waals surface area (Å²) in [6.07, 6.45) is 1.90. The molecule has 0 aliphatic carbocycles. The fraction of sp³-hybridized carbons (Fsp3) is 0.200. The maximum Gasteiger partial charge on any atom is 0.170 e.